The Morgan fingerprint density at radius 3 is 2.90 bits per heavy atom. The van der Waals surface area contributed by atoms with Crippen LogP contribution in [0.2, 0.25) is 0 Å². The minimum atomic E-state index is -0.314. The zero-order valence-corrected chi connectivity index (χ0v) is 17.3. The largest absolute Gasteiger partial charge is 0.491 e. The number of anilines is 1. The molecule has 2 atom stereocenters. The van der Waals surface area contributed by atoms with Crippen LogP contribution in [0.25, 0.3) is 0 Å². The zero-order chi connectivity index (χ0) is 20.4. The number of hydrogen-bond donors (Lipinski definition) is 0. The summed E-state index contributed by atoms with van der Waals surface area (Å²) in [7, 11) is 0. The molecule has 2 aromatic rings. The Hall–Kier alpha value is -2.73. The molecular formula is C23H28N4O2. The minimum absolute atomic E-state index is 0.00955. The van der Waals surface area contributed by atoms with E-state index in [1.54, 1.807) is 24.7 Å². The Morgan fingerprint density at radius 2 is 2.17 bits per heavy atom. The van der Waals surface area contributed by atoms with Gasteiger partial charge in [-0.15, -0.1) is 0 Å². The van der Waals surface area contributed by atoms with E-state index in [2.05, 4.69) is 46.1 Å². The van der Waals surface area contributed by atoms with Crippen LogP contribution in [0.5, 0.6) is 5.75 Å². The minimum Gasteiger partial charge on any atom is -0.491 e. The number of aromatic nitrogens is 2. The van der Waals surface area contributed by atoms with E-state index in [9.17, 15) is 4.79 Å². The second-order valence-corrected chi connectivity index (χ2v) is 8.26. The molecule has 1 amide bonds. The average Bonchev–Trinajstić information content (AvgIpc) is 3.00. The maximum atomic E-state index is 12.6. The third-order valence-corrected chi connectivity index (χ3v) is 5.74. The van der Waals surface area contributed by atoms with Crippen molar-refractivity contribution in [1.29, 1.82) is 0 Å². The van der Waals surface area contributed by atoms with Crippen LogP contribution in [0.15, 0.2) is 55.0 Å². The van der Waals surface area contributed by atoms with E-state index in [4.69, 9.17) is 4.74 Å². The summed E-state index contributed by atoms with van der Waals surface area (Å²) in [5, 5.41) is 0. The highest BCUT2D eigenvalue weighted by atomic mass is 16.5. The molecule has 2 aliphatic heterocycles. The summed E-state index contributed by atoms with van der Waals surface area (Å²) in [6.07, 6.45) is 10.6. The predicted octanol–water partition coefficient (Wildman–Crippen LogP) is 3.59. The van der Waals surface area contributed by atoms with Crippen molar-refractivity contribution in [3.8, 4) is 5.75 Å². The highest BCUT2D eigenvalue weighted by Gasteiger charge is 2.47. The normalized spacial score (nSPS) is 24.6. The molecule has 29 heavy (non-hydrogen) atoms. The molecule has 1 aromatic heterocycles. The molecule has 1 spiro atoms. The van der Waals surface area contributed by atoms with E-state index >= 15 is 0 Å². The molecule has 1 fully saturated rings. The number of benzene rings is 1. The number of likely N-dealkylation sites (tertiary alicyclic amines) is 1. The fourth-order valence-electron chi connectivity index (χ4n) is 4.46. The first-order chi connectivity index (χ1) is 14.0. The highest BCUT2D eigenvalue weighted by Crippen LogP contribution is 2.39. The Balaban J connectivity index is 1.48. The first-order valence-corrected chi connectivity index (χ1v) is 10.3. The van der Waals surface area contributed by atoms with E-state index in [0.29, 0.717) is 11.9 Å². The number of amides is 1. The maximum absolute atomic E-state index is 12.6. The molecule has 0 unspecified atom stereocenters. The van der Waals surface area contributed by atoms with Crippen LogP contribution in [0.4, 0.5) is 5.82 Å². The topological polar surface area (TPSA) is 58.6 Å². The third kappa shape index (κ3) is 4.03. The molecule has 0 radical (unpaired) electrons. The number of ether oxygens (including phenoxy) is 1. The second-order valence-electron chi connectivity index (χ2n) is 8.26. The van der Waals surface area contributed by atoms with E-state index < -0.39 is 0 Å². The lowest BCUT2D eigenvalue weighted by Crippen LogP contribution is -2.56. The standard InChI is InChI=1S/C23H28N4O2/c1-17(2)29-20-6-4-5-19(13-20)16-26-12-9-23(14-18(26)3)8-7-22(28)27(23)21-15-24-10-11-25-21/h4-8,10-11,13,15,17-18H,9,12,14,16H2,1-3H3/t18-,23+/m0/s1. The summed E-state index contributed by atoms with van der Waals surface area (Å²) in [5.41, 5.74) is 0.931. The van der Waals surface area contributed by atoms with Crippen molar-refractivity contribution in [2.75, 3.05) is 11.4 Å². The molecule has 1 saturated heterocycles. The Kier molecular flexibility index (Phi) is 5.37. The van der Waals surface area contributed by atoms with Crippen LogP contribution in [-0.4, -0.2) is 45.0 Å². The van der Waals surface area contributed by atoms with Crippen LogP contribution in [0.1, 0.15) is 39.2 Å². The van der Waals surface area contributed by atoms with Crippen LogP contribution in [0.3, 0.4) is 0 Å². The lowest BCUT2D eigenvalue weighted by molar-refractivity contribution is -0.114. The number of hydrogen-bond acceptors (Lipinski definition) is 5. The molecule has 1 aromatic carbocycles. The third-order valence-electron chi connectivity index (χ3n) is 5.74. The van der Waals surface area contributed by atoms with Crippen LogP contribution >= 0.6 is 0 Å². The lowest BCUT2D eigenvalue weighted by Gasteiger charge is -2.47. The first kappa shape index (κ1) is 19.6. The zero-order valence-electron chi connectivity index (χ0n) is 17.3. The van der Waals surface area contributed by atoms with E-state index in [0.717, 1.165) is 31.7 Å². The second kappa shape index (κ2) is 7.95. The van der Waals surface area contributed by atoms with Crippen molar-refractivity contribution in [1.82, 2.24) is 14.9 Å². The predicted molar refractivity (Wildman–Crippen MR) is 113 cm³/mol. The number of nitrogens with zero attached hydrogens (tertiary/aromatic N) is 4. The van der Waals surface area contributed by atoms with E-state index in [1.807, 2.05) is 24.8 Å². The van der Waals surface area contributed by atoms with Crippen molar-refractivity contribution in [2.24, 2.45) is 0 Å². The first-order valence-electron chi connectivity index (χ1n) is 10.3. The molecule has 6 heteroatoms. The Labute approximate surface area is 172 Å². The van der Waals surface area contributed by atoms with Crippen molar-refractivity contribution >= 4 is 11.7 Å². The van der Waals surface area contributed by atoms with Gasteiger partial charge in [-0.25, -0.2) is 4.98 Å². The van der Waals surface area contributed by atoms with Gasteiger partial charge in [-0.05, 0) is 51.3 Å². The van der Waals surface area contributed by atoms with Gasteiger partial charge in [0.1, 0.15) is 5.75 Å². The van der Waals surface area contributed by atoms with Crippen molar-refractivity contribution in [3.63, 3.8) is 0 Å². The molecule has 0 bridgehead atoms. The van der Waals surface area contributed by atoms with E-state index in [-0.39, 0.29) is 17.6 Å². The fourth-order valence-corrected chi connectivity index (χ4v) is 4.46. The van der Waals surface area contributed by atoms with Gasteiger partial charge in [-0.3, -0.25) is 19.6 Å². The molecule has 0 N–H and O–H groups in total. The van der Waals surface area contributed by atoms with Crippen molar-refractivity contribution < 1.29 is 9.53 Å². The summed E-state index contributed by atoms with van der Waals surface area (Å²) >= 11 is 0. The van der Waals surface area contributed by atoms with Gasteiger partial charge in [0.05, 0.1) is 17.8 Å². The van der Waals surface area contributed by atoms with Crippen molar-refractivity contribution in [3.05, 3.63) is 60.6 Å². The number of carbonyl (C=O) groups excluding carboxylic acids is 1. The monoisotopic (exact) mass is 392 g/mol. The van der Waals surface area contributed by atoms with Crippen LogP contribution in [0, 0.1) is 0 Å². The van der Waals surface area contributed by atoms with Gasteiger partial charge in [-0.1, -0.05) is 18.2 Å². The molecule has 6 nitrogen and oxygen atoms in total. The quantitative estimate of drug-likeness (QED) is 0.778. The van der Waals surface area contributed by atoms with Gasteiger partial charge in [0.2, 0.25) is 0 Å². The molecule has 4 rings (SSSR count). The average molecular weight is 393 g/mol. The molecule has 152 valence electrons. The van der Waals surface area contributed by atoms with E-state index in [1.165, 1.54) is 5.56 Å². The van der Waals surface area contributed by atoms with Gasteiger partial charge in [0, 0.05) is 37.6 Å². The summed E-state index contributed by atoms with van der Waals surface area (Å²) in [4.78, 5) is 25.4. The van der Waals surface area contributed by atoms with Gasteiger partial charge in [0.15, 0.2) is 5.82 Å². The Bertz CT molecular complexity index is 899. The molecule has 0 saturated carbocycles. The molecule has 3 heterocycles. The SMILES string of the molecule is CC(C)Oc1cccc(CN2CC[C@]3(C=CC(=O)N3c3cnccn3)C[C@@H]2C)c1. The summed E-state index contributed by atoms with van der Waals surface area (Å²) in [6.45, 7) is 8.09. The summed E-state index contributed by atoms with van der Waals surface area (Å²) < 4.78 is 5.84. The van der Waals surface area contributed by atoms with Crippen molar-refractivity contribution in [2.45, 2.75) is 57.8 Å². The summed E-state index contributed by atoms with van der Waals surface area (Å²) in [6, 6.07) is 8.66. The highest BCUT2D eigenvalue weighted by molar-refractivity contribution is 6.05. The van der Waals surface area contributed by atoms with Gasteiger partial charge in [-0.2, -0.15) is 0 Å². The molecule has 0 aliphatic carbocycles. The van der Waals surface area contributed by atoms with Crippen LogP contribution in [-0.2, 0) is 11.3 Å². The van der Waals surface area contributed by atoms with Gasteiger partial charge >= 0.3 is 0 Å². The summed E-state index contributed by atoms with van der Waals surface area (Å²) in [5.74, 6) is 1.53. The number of piperidine rings is 1. The maximum Gasteiger partial charge on any atom is 0.252 e. The smallest absolute Gasteiger partial charge is 0.252 e. The Morgan fingerprint density at radius 1 is 1.31 bits per heavy atom. The fraction of sp³-hybridized carbons (Fsp3) is 0.435. The number of rotatable bonds is 5. The van der Waals surface area contributed by atoms with Gasteiger partial charge < -0.3 is 4.74 Å². The lowest BCUT2D eigenvalue weighted by atomic mass is 9.83. The number of carbonyl (C=O) groups is 1. The van der Waals surface area contributed by atoms with Crippen LogP contribution < -0.4 is 9.64 Å². The molecular weight excluding hydrogens is 364 g/mol. The molecule has 2 aliphatic rings. The van der Waals surface area contributed by atoms with Gasteiger partial charge in [0.25, 0.3) is 5.91 Å².